The van der Waals surface area contributed by atoms with Crippen molar-refractivity contribution in [1.82, 2.24) is 4.90 Å². The third-order valence-corrected chi connectivity index (χ3v) is 5.09. The van der Waals surface area contributed by atoms with Crippen molar-refractivity contribution in [3.05, 3.63) is 39.9 Å². The Kier molecular flexibility index (Phi) is 7.17. The second-order valence-electron chi connectivity index (χ2n) is 6.03. The number of carbonyl (C=O) groups is 3. The molecule has 1 aliphatic heterocycles. The van der Waals surface area contributed by atoms with Crippen LogP contribution in [0.15, 0.2) is 24.3 Å². The number of methoxy groups -OCH3 is 1. The van der Waals surface area contributed by atoms with Gasteiger partial charge in [0.25, 0.3) is 5.69 Å². The van der Waals surface area contributed by atoms with Crippen LogP contribution in [0.3, 0.4) is 0 Å². The van der Waals surface area contributed by atoms with Gasteiger partial charge in [0.1, 0.15) is 6.61 Å². The van der Waals surface area contributed by atoms with Crippen LogP contribution in [0, 0.1) is 10.1 Å². The molecule has 9 nitrogen and oxygen atoms in total. The van der Waals surface area contributed by atoms with Crippen molar-refractivity contribution in [2.75, 3.05) is 13.7 Å². The summed E-state index contributed by atoms with van der Waals surface area (Å²) in [5.74, 6) is -0.443. The van der Waals surface area contributed by atoms with E-state index in [1.54, 1.807) is 0 Å². The molecule has 0 saturated carbocycles. The van der Waals surface area contributed by atoms with Crippen LogP contribution in [0.4, 0.5) is 10.5 Å². The number of ether oxygens (including phenoxy) is 2. The predicted octanol–water partition coefficient (Wildman–Crippen LogP) is 2.52. The Bertz CT molecular complexity index is 722. The lowest BCUT2D eigenvalue weighted by Gasteiger charge is -2.23. The fourth-order valence-corrected chi connectivity index (χ4v) is 3.85. The number of nitro benzene ring substituents is 1. The van der Waals surface area contributed by atoms with Gasteiger partial charge in [-0.1, -0.05) is 11.8 Å². The van der Waals surface area contributed by atoms with Gasteiger partial charge in [-0.15, -0.1) is 0 Å². The first-order chi connectivity index (χ1) is 12.8. The topological polar surface area (TPSA) is 116 Å². The highest BCUT2D eigenvalue weighted by Gasteiger charge is 2.38. The summed E-state index contributed by atoms with van der Waals surface area (Å²) in [5, 5.41) is 10.5. The number of carbonyl (C=O) groups excluding carboxylic acids is 3. The number of hydrogen-bond acceptors (Lipinski definition) is 8. The largest absolute Gasteiger partial charge is 0.469 e. The molecule has 1 aliphatic rings. The summed E-state index contributed by atoms with van der Waals surface area (Å²) in [5.41, 5.74) is 0.555. The number of thioether (sulfide) groups is 1. The van der Waals surface area contributed by atoms with E-state index in [2.05, 4.69) is 4.74 Å². The van der Waals surface area contributed by atoms with Crippen LogP contribution in [0.25, 0.3) is 0 Å². The van der Waals surface area contributed by atoms with Crippen molar-refractivity contribution in [1.29, 1.82) is 0 Å². The SMILES string of the molecule is COC(=O)C[C@@H]1C[C@H](SC(C)=O)CN1C(=O)OCc1ccc([N+](=O)[O-])cc1. The molecule has 2 rings (SSSR count). The van der Waals surface area contributed by atoms with Gasteiger partial charge < -0.3 is 14.4 Å². The number of nitrogens with zero attached hydrogens (tertiary/aromatic N) is 2. The van der Waals surface area contributed by atoms with E-state index >= 15 is 0 Å². The van der Waals surface area contributed by atoms with Crippen LogP contribution < -0.4 is 0 Å². The lowest BCUT2D eigenvalue weighted by atomic mass is 10.1. The summed E-state index contributed by atoms with van der Waals surface area (Å²) < 4.78 is 9.95. The molecule has 1 amide bonds. The quantitative estimate of drug-likeness (QED) is 0.409. The average Bonchev–Trinajstić information content (AvgIpc) is 3.01. The highest BCUT2D eigenvalue weighted by molar-refractivity contribution is 8.14. The first-order valence-corrected chi connectivity index (χ1v) is 9.09. The van der Waals surface area contributed by atoms with Gasteiger partial charge in [0.2, 0.25) is 0 Å². The average molecular weight is 396 g/mol. The summed E-state index contributed by atoms with van der Waals surface area (Å²) in [4.78, 5) is 47.0. The van der Waals surface area contributed by atoms with Crippen LogP contribution in [0.1, 0.15) is 25.3 Å². The van der Waals surface area contributed by atoms with E-state index in [1.807, 2.05) is 0 Å². The van der Waals surface area contributed by atoms with Gasteiger partial charge in [-0.2, -0.15) is 0 Å². The van der Waals surface area contributed by atoms with Crippen LogP contribution in [0.2, 0.25) is 0 Å². The number of benzene rings is 1. The monoisotopic (exact) mass is 396 g/mol. The van der Waals surface area contributed by atoms with Crippen LogP contribution >= 0.6 is 11.8 Å². The fraction of sp³-hybridized carbons (Fsp3) is 0.471. The number of nitro groups is 1. The normalized spacial score (nSPS) is 18.8. The molecule has 10 heteroatoms. The summed E-state index contributed by atoms with van der Waals surface area (Å²) in [6.07, 6.45) is -0.0849. The molecule has 27 heavy (non-hydrogen) atoms. The maximum absolute atomic E-state index is 12.5. The van der Waals surface area contributed by atoms with E-state index in [-0.39, 0.29) is 29.1 Å². The summed E-state index contributed by atoms with van der Waals surface area (Å²) in [6, 6.07) is 5.28. The standard InChI is InChI=1S/C17H20N2O7S/c1-11(20)27-15-7-14(8-16(21)25-2)18(9-15)17(22)26-10-12-3-5-13(6-4-12)19(23)24/h3-6,14-15H,7-10H2,1-2H3/t14-,15-/m0/s1. The van der Waals surface area contributed by atoms with Gasteiger partial charge in [0.15, 0.2) is 5.12 Å². The Labute approximate surface area is 160 Å². The first-order valence-electron chi connectivity index (χ1n) is 8.21. The van der Waals surface area contributed by atoms with Crippen molar-refractivity contribution in [3.8, 4) is 0 Å². The first kappa shape index (κ1) is 20.7. The Morgan fingerprint density at radius 1 is 1.30 bits per heavy atom. The van der Waals surface area contributed by atoms with Crippen molar-refractivity contribution in [2.24, 2.45) is 0 Å². The molecule has 0 aromatic heterocycles. The molecule has 1 fully saturated rings. The van der Waals surface area contributed by atoms with E-state index in [1.165, 1.54) is 43.2 Å². The minimum absolute atomic E-state index is 0.0259. The zero-order valence-corrected chi connectivity index (χ0v) is 15.8. The van der Waals surface area contributed by atoms with E-state index in [9.17, 15) is 24.5 Å². The van der Waals surface area contributed by atoms with E-state index in [4.69, 9.17) is 4.74 Å². The maximum Gasteiger partial charge on any atom is 0.410 e. The van der Waals surface area contributed by atoms with Crippen LogP contribution in [-0.4, -0.2) is 51.9 Å². The number of hydrogen-bond donors (Lipinski definition) is 0. The lowest BCUT2D eigenvalue weighted by Crippen LogP contribution is -2.37. The molecule has 2 atom stereocenters. The molecular weight excluding hydrogens is 376 g/mol. The van der Waals surface area contributed by atoms with Crippen LogP contribution in [-0.2, 0) is 25.7 Å². The number of non-ortho nitro benzene ring substituents is 1. The Balaban J connectivity index is 1.98. The fourth-order valence-electron chi connectivity index (χ4n) is 2.83. The van der Waals surface area contributed by atoms with E-state index < -0.39 is 23.0 Å². The number of likely N-dealkylation sites (tertiary alicyclic amines) is 1. The highest BCUT2D eigenvalue weighted by atomic mass is 32.2. The molecule has 0 unspecified atom stereocenters. The number of amides is 1. The van der Waals surface area contributed by atoms with Crippen molar-refractivity contribution < 1.29 is 28.8 Å². The summed E-state index contributed by atoms with van der Waals surface area (Å²) in [6.45, 7) is 1.70. The van der Waals surface area contributed by atoms with Gasteiger partial charge in [0, 0.05) is 36.9 Å². The molecule has 0 aliphatic carbocycles. The number of esters is 1. The molecule has 146 valence electrons. The molecule has 1 aromatic carbocycles. The molecule has 0 bridgehead atoms. The predicted molar refractivity (Wildman–Crippen MR) is 97.1 cm³/mol. The third kappa shape index (κ3) is 5.95. The maximum atomic E-state index is 12.5. The van der Waals surface area contributed by atoms with Crippen molar-refractivity contribution >= 4 is 34.6 Å². The minimum Gasteiger partial charge on any atom is -0.469 e. The zero-order valence-electron chi connectivity index (χ0n) is 15.0. The second-order valence-corrected chi connectivity index (χ2v) is 7.51. The van der Waals surface area contributed by atoms with Gasteiger partial charge in [-0.25, -0.2) is 4.79 Å². The molecular formula is C17H20N2O7S. The van der Waals surface area contributed by atoms with Crippen molar-refractivity contribution in [2.45, 2.75) is 37.7 Å². The van der Waals surface area contributed by atoms with Gasteiger partial charge in [-0.3, -0.25) is 19.7 Å². The lowest BCUT2D eigenvalue weighted by molar-refractivity contribution is -0.384. The molecule has 0 N–H and O–H groups in total. The van der Waals surface area contributed by atoms with Crippen LogP contribution in [0.5, 0.6) is 0 Å². The molecule has 1 aromatic rings. The summed E-state index contributed by atoms with van der Waals surface area (Å²) >= 11 is 1.14. The molecule has 1 heterocycles. The Hall–Kier alpha value is -2.62. The smallest absolute Gasteiger partial charge is 0.410 e. The second kappa shape index (κ2) is 9.36. The Morgan fingerprint density at radius 2 is 1.96 bits per heavy atom. The minimum atomic E-state index is -0.603. The number of rotatable bonds is 6. The molecule has 0 radical (unpaired) electrons. The van der Waals surface area contributed by atoms with Gasteiger partial charge in [0.05, 0.1) is 18.5 Å². The van der Waals surface area contributed by atoms with Crippen molar-refractivity contribution in [3.63, 3.8) is 0 Å². The Morgan fingerprint density at radius 3 is 2.52 bits per heavy atom. The van der Waals surface area contributed by atoms with E-state index in [0.717, 1.165) is 11.8 Å². The molecule has 0 spiro atoms. The zero-order chi connectivity index (χ0) is 20.0. The summed E-state index contributed by atoms with van der Waals surface area (Å²) in [7, 11) is 1.27. The van der Waals surface area contributed by atoms with Gasteiger partial charge >= 0.3 is 12.1 Å². The third-order valence-electron chi connectivity index (χ3n) is 4.08. The molecule has 1 saturated heterocycles. The van der Waals surface area contributed by atoms with Gasteiger partial charge in [-0.05, 0) is 24.1 Å². The highest BCUT2D eigenvalue weighted by Crippen LogP contribution is 2.30. The van der Waals surface area contributed by atoms with E-state index in [0.29, 0.717) is 18.5 Å².